The SMILES string of the molecule is CC(SCCS)C(SCCS)(SCCS)SCCS. The van der Waals surface area contributed by atoms with Crippen LogP contribution in [0, 0.1) is 0 Å². The number of rotatable bonds is 13. The summed E-state index contributed by atoms with van der Waals surface area (Å²) < 4.78 is 0.196. The molecule has 0 saturated heterocycles. The Kier molecular flexibility index (Phi) is 16.5. The molecule has 0 nitrogen and oxygen atoms in total. The fourth-order valence-electron chi connectivity index (χ4n) is 1.37. The van der Waals surface area contributed by atoms with Gasteiger partial charge in [0.25, 0.3) is 0 Å². The summed E-state index contributed by atoms with van der Waals surface area (Å²) in [5.74, 6) is 8.11. The molecule has 0 radical (unpaired) electrons. The van der Waals surface area contributed by atoms with Crippen LogP contribution < -0.4 is 0 Å². The Balaban J connectivity index is 4.73. The minimum Gasteiger partial charge on any atom is -0.179 e. The Labute approximate surface area is 158 Å². The average Bonchev–Trinajstić information content (AvgIpc) is 2.44. The van der Waals surface area contributed by atoms with Crippen molar-refractivity contribution in [3.05, 3.63) is 0 Å². The fourth-order valence-corrected chi connectivity index (χ4v) is 8.73. The number of thiol groups is 4. The highest BCUT2D eigenvalue weighted by atomic mass is 32.3. The number of hydrogen-bond acceptors (Lipinski definition) is 8. The van der Waals surface area contributed by atoms with Crippen molar-refractivity contribution in [1.82, 2.24) is 0 Å². The van der Waals surface area contributed by atoms with Gasteiger partial charge < -0.3 is 0 Å². The van der Waals surface area contributed by atoms with Crippen LogP contribution in [0.3, 0.4) is 0 Å². The Morgan fingerprint density at radius 3 is 1.42 bits per heavy atom. The van der Waals surface area contributed by atoms with Crippen LogP contribution in [0.2, 0.25) is 0 Å². The predicted octanol–water partition coefficient (Wildman–Crippen LogP) is 4.68. The third kappa shape index (κ3) is 9.51. The molecule has 0 aliphatic heterocycles. The van der Waals surface area contributed by atoms with Gasteiger partial charge in [0.05, 0.1) is 0 Å². The molecule has 0 bridgehead atoms. The molecule has 0 heterocycles. The maximum absolute atomic E-state index is 4.37. The van der Waals surface area contributed by atoms with E-state index in [1.807, 2.05) is 47.0 Å². The van der Waals surface area contributed by atoms with Gasteiger partial charge in [0.2, 0.25) is 0 Å². The normalized spacial score (nSPS) is 13.7. The second kappa shape index (κ2) is 14.4. The molecule has 0 fully saturated rings. The van der Waals surface area contributed by atoms with Crippen LogP contribution in [0.25, 0.3) is 0 Å². The molecule has 0 aliphatic carbocycles. The molecule has 0 aliphatic rings. The van der Waals surface area contributed by atoms with E-state index in [4.69, 9.17) is 0 Å². The Bertz CT molecular complexity index is 179. The van der Waals surface area contributed by atoms with Crippen molar-refractivity contribution in [3.63, 3.8) is 0 Å². The van der Waals surface area contributed by atoms with E-state index in [0.717, 1.165) is 46.0 Å². The zero-order chi connectivity index (χ0) is 14.6. The van der Waals surface area contributed by atoms with Gasteiger partial charge in [-0.05, 0) is 23.0 Å². The maximum atomic E-state index is 4.37. The van der Waals surface area contributed by atoms with Crippen molar-refractivity contribution < 1.29 is 0 Å². The van der Waals surface area contributed by atoms with Crippen molar-refractivity contribution in [2.45, 2.75) is 15.6 Å². The molecule has 0 aromatic rings. The maximum Gasteiger partial charge on any atom is 0.118 e. The Morgan fingerprint density at radius 1 is 0.737 bits per heavy atom. The van der Waals surface area contributed by atoms with Gasteiger partial charge in [0.15, 0.2) is 0 Å². The van der Waals surface area contributed by atoms with Crippen molar-refractivity contribution in [2.24, 2.45) is 0 Å². The highest BCUT2D eigenvalue weighted by molar-refractivity contribution is 8.34. The summed E-state index contributed by atoms with van der Waals surface area (Å²) in [5, 5.41) is 0.583. The summed E-state index contributed by atoms with van der Waals surface area (Å²) in [7, 11) is 0. The average molecular weight is 413 g/mol. The third-order valence-electron chi connectivity index (χ3n) is 2.14. The van der Waals surface area contributed by atoms with Gasteiger partial charge in [-0.15, -0.1) is 35.3 Å². The van der Waals surface area contributed by atoms with Crippen LogP contribution in [0.1, 0.15) is 6.92 Å². The minimum absolute atomic E-state index is 0.196. The molecular weight excluding hydrogens is 389 g/mol. The fraction of sp³-hybridized carbons (Fsp3) is 1.00. The first kappa shape index (κ1) is 21.8. The number of thioether (sulfide) groups is 4. The quantitative estimate of drug-likeness (QED) is 0.256. The van der Waals surface area contributed by atoms with Crippen LogP contribution in [-0.4, -0.2) is 54.7 Å². The van der Waals surface area contributed by atoms with E-state index in [1.54, 1.807) is 0 Å². The Hall–Kier alpha value is 2.80. The lowest BCUT2D eigenvalue weighted by Gasteiger charge is -2.37. The van der Waals surface area contributed by atoms with Crippen molar-refractivity contribution >= 4 is 97.6 Å². The lowest BCUT2D eigenvalue weighted by atomic mass is 10.5. The molecule has 19 heavy (non-hydrogen) atoms. The molecule has 0 aromatic heterocycles. The van der Waals surface area contributed by atoms with Gasteiger partial charge in [-0.3, -0.25) is 0 Å². The summed E-state index contributed by atoms with van der Waals surface area (Å²) in [6.45, 7) is 2.34. The Morgan fingerprint density at radius 2 is 1.11 bits per heavy atom. The van der Waals surface area contributed by atoms with E-state index >= 15 is 0 Å². The molecular formula is C11H24S8. The third-order valence-corrected chi connectivity index (χ3v) is 11.6. The van der Waals surface area contributed by atoms with E-state index in [2.05, 4.69) is 57.4 Å². The molecule has 116 valence electrons. The first-order chi connectivity index (χ1) is 9.16. The lowest BCUT2D eigenvalue weighted by molar-refractivity contribution is 1.03. The van der Waals surface area contributed by atoms with Crippen molar-refractivity contribution in [2.75, 3.05) is 46.0 Å². The summed E-state index contributed by atoms with van der Waals surface area (Å²) in [5.41, 5.74) is 0. The monoisotopic (exact) mass is 412 g/mol. The van der Waals surface area contributed by atoms with Gasteiger partial charge in [-0.25, -0.2) is 0 Å². The van der Waals surface area contributed by atoms with Crippen LogP contribution in [-0.2, 0) is 0 Å². The largest absolute Gasteiger partial charge is 0.179 e. The van der Waals surface area contributed by atoms with Crippen LogP contribution in [0.5, 0.6) is 0 Å². The zero-order valence-electron chi connectivity index (χ0n) is 11.2. The lowest BCUT2D eigenvalue weighted by Crippen LogP contribution is -2.30. The molecule has 0 saturated carbocycles. The highest BCUT2D eigenvalue weighted by Gasteiger charge is 2.37. The zero-order valence-corrected chi connectivity index (χ0v) is 18.0. The second-order valence-electron chi connectivity index (χ2n) is 3.56. The molecule has 0 rings (SSSR count). The van der Waals surface area contributed by atoms with E-state index in [-0.39, 0.29) is 3.41 Å². The molecule has 0 amide bonds. The van der Waals surface area contributed by atoms with E-state index < -0.39 is 0 Å². The number of hydrogen-bond donors (Lipinski definition) is 4. The van der Waals surface area contributed by atoms with Gasteiger partial charge in [0.1, 0.15) is 3.41 Å². The topological polar surface area (TPSA) is 0 Å². The minimum atomic E-state index is 0.196. The van der Waals surface area contributed by atoms with Gasteiger partial charge in [0, 0.05) is 28.3 Å². The first-order valence-corrected chi connectivity index (χ1v) is 12.7. The van der Waals surface area contributed by atoms with Crippen LogP contribution in [0.15, 0.2) is 0 Å². The van der Waals surface area contributed by atoms with E-state index in [9.17, 15) is 0 Å². The first-order valence-electron chi connectivity index (χ1n) is 6.13. The standard InChI is InChI=1S/C11H24S8/c1-10(16-6-2-12)11(17-7-3-13,18-8-4-14)19-9-5-15/h10,12-15H,2-9H2,1H3. The van der Waals surface area contributed by atoms with Crippen molar-refractivity contribution in [1.29, 1.82) is 0 Å². The molecule has 0 N–H and O–H groups in total. The van der Waals surface area contributed by atoms with E-state index in [0.29, 0.717) is 5.25 Å². The van der Waals surface area contributed by atoms with Crippen LogP contribution in [0.4, 0.5) is 0 Å². The second-order valence-corrected chi connectivity index (χ2v) is 11.6. The summed E-state index contributed by atoms with van der Waals surface area (Å²) in [6.07, 6.45) is 0. The van der Waals surface area contributed by atoms with Gasteiger partial charge >= 0.3 is 0 Å². The molecule has 1 atom stereocenters. The summed E-state index contributed by atoms with van der Waals surface area (Å²) in [6, 6.07) is 0. The molecule has 0 aromatic carbocycles. The van der Waals surface area contributed by atoms with Gasteiger partial charge in [-0.2, -0.15) is 62.3 Å². The van der Waals surface area contributed by atoms with Gasteiger partial charge in [-0.1, -0.05) is 6.92 Å². The predicted molar refractivity (Wildman–Crippen MR) is 117 cm³/mol. The summed E-state index contributed by atoms with van der Waals surface area (Å²) >= 11 is 25.6. The molecule has 1 unspecified atom stereocenters. The van der Waals surface area contributed by atoms with Crippen LogP contribution >= 0.6 is 97.6 Å². The van der Waals surface area contributed by atoms with Crippen molar-refractivity contribution in [3.8, 4) is 0 Å². The smallest absolute Gasteiger partial charge is 0.118 e. The molecule has 8 heteroatoms. The molecule has 0 spiro atoms. The highest BCUT2D eigenvalue weighted by Crippen LogP contribution is 2.53. The summed E-state index contributed by atoms with van der Waals surface area (Å²) in [4.78, 5) is 0. The van der Waals surface area contributed by atoms with E-state index in [1.165, 1.54) is 0 Å².